The maximum absolute atomic E-state index is 12.0. The van der Waals surface area contributed by atoms with Crippen molar-refractivity contribution in [3.8, 4) is 0 Å². The monoisotopic (exact) mass is 262 g/mol. The van der Waals surface area contributed by atoms with Gasteiger partial charge in [0.05, 0.1) is 17.7 Å². The third-order valence-electron chi connectivity index (χ3n) is 2.80. The Hall–Kier alpha value is -0.710. The summed E-state index contributed by atoms with van der Waals surface area (Å²) in [5.41, 5.74) is 0.371. The highest BCUT2D eigenvalue weighted by Crippen LogP contribution is 2.25. The minimum absolute atomic E-state index is 0.00604. The molecule has 2 heterocycles. The first-order chi connectivity index (χ1) is 7.63. The number of amides is 1. The van der Waals surface area contributed by atoms with Crippen molar-refractivity contribution in [3.63, 3.8) is 0 Å². The Bertz CT molecular complexity index is 386. The molecule has 1 aromatic heterocycles. The van der Waals surface area contributed by atoms with E-state index >= 15 is 0 Å². The molecule has 88 valence electrons. The molecule has 2 rings (SSSR count). The number of halogens is 2. The van der Waals surface area contributed by atoms with E-state index in [9.17, 15) is 4.79 Å². The molecule has 2 N–H and O–H groups in total. The molecule has 1 aliphatic rings. The fourth-order valence-corrected chi connectivity index (χ4v) is 2.28. The lowest BCUT2D eigenvalue weighted by Gasteiger charge is -2.22. The number of aromatic amines is 1. The summed E-state index contributed by atoms with van der Waals surface area (Å²) in [5, 5.41) is 9.74. The summed E-state index contributed by atoms with van der Waals surface area (Å²) in [5.74, 6) is -0.162. The zero-order valence-electron chi connectivity index (χ0n) is 8.54. The van der Waals surface area contributed by atoms with Gasteiger partial charge in [0.15, 0.2) is 0 Å². The molecule has 0 bridgehead atoms. The van der Waals surface area contributed by atoms with Crippen molar-refractivity contribution in [3.05, 3.63) is 21.9 Å². The molecule has 0 unspecified atom stereocenters. The van der Waals surface area contributed by atoms with Crippen LogP contribution < -0.4 is 0 Å². The molecular weight excluding hydrogens is 251 g/mol. The van der Waals surface area contributed by atoms with Gasteiger partial charge in [0, 0.05) is 6.54 Å². The molecule has 1 aromatic rings. The summed E-state index contributed by atoms with van der Waals surface area (Å²) in [4.78, 5) is 16.4. The van der Waals surface area contributed by atoms with E-state index in [2.05, 4.69) is 4.98 Å². The van der Waals surface area contributed by atoms with Gasteiger partial charge < -0.3 is 15.0 Å². The first-order valence-corrected chi connectivity index (χ1v) is 5.85. The van der Waals surface area contributed by atoms with Gasteiger partial charge in [0.1, 0.15) is 10.8 Å². The number of likely N-dealkylation sites (tertiary alicyclic amines) is 1. The molecule has 1 fully saturated rings. The van der Waals surface area contributed by atoms with E-state index in [1.165, 1.54) is 6.07 Å². The number of carbonyl (C=O) groups excluding carboxylic acids is 1. The highest BCUT2D eigenvalue weighted by molar-refractivity contribution is 6.41. The topological polar surface area (TPSA) is 56.3 Å². The summed E-state index contributed by atoms with van der Waals surface area (Å²) in [6, 6.07) is 1.42. The van der Waals surface area contributed by atoms with Crippen LogP contribution in [0.25, 0.3) is 0 Å². The Morgan fingerprint density at radius 1 is 1.62 bits per heavy atom. The second kappa shape index (κ2) is 4.65. The number of H-pyrrole nitrogens is 1. The zero-order valence-corrected chi connectivity index (χ0v) is 10.1. The quantitative estimate of drug-likeness (QED) is 0.856. The number of nitrogens with one attached hydrogen (secondary N) is 1. The van der Waals surface area contributed by atoms with Gasteiger partial charge in [0.25, 0.3) is 5.91 Å². The lowest BCUT2D eigenvalue weighted by Crippen LogP contribution is -2.37. The van der Waals surface area contributed by atoms with Crippen LogP contribution in [0.5, 0.6) is 0 Å². The Morgan fingerprint density at radius 3 is 2.94 bits per heavy atom. The Balaban J connectivity index is 2.18. The lowest BCUT2D eigenvalue weighted by molar-refractivity contribution is 0.0672. The second-order valence-electron chi connectivity index (χ2n) is 3.82. The molecule has 0 saturated carbocycles. The minimum atomic E-state index is -0.162. The van der Waals surface area contributed by atoms with E-state index in [0.717, 1.165) is 12.8 Å². The van der Waals surface area contributed by atoms with E-state index in [-0.39, 0.29) is 23.7 Å². The Morgan fingerprint density at radius 2 is 2.38 bits per heavy atom. The number of rotatable bonds is 2. The molecule has 0 radical (unpaired) electrons. The van der Waals surface area contributed by atoms with E-state index < -0.39 is 0 Å². The van der Waals surface area contributed by atoms with E-state index in [1.54, 1.807) is 4.90 Å². The molecule has 6 heteroatoms. The SMILES string of the molecule is O=C(c1cc(Cl)c(Cl)[nH]1)N1CCC[C@H]1CO. The third kappa shape index (κ3) is 2.05. The van der Waals surface area contributed by atoms with Gasteiger partial charge in [-0.25, -0.2) is 0 Å². The minimum Gasteiger partial charge on any atom is -0.394 e. The van der Waals surface area contributed by atoms with Gasteiger partial charge in [0.2, 0.25) is 0 Å². The average Bonchev–Trinajstić information content (AvgIpc) is 2.85. The van der Waals surface area contributed by atoms with Crippen molar-refractivity contribution < 1.29 is 9.90 Å². The van der Waals surface area contributed by atoms with Crippen LogP contribution >= 0.6 is 23.2 Å². The van der Waals surface area contributed by atoms with Crippen molar-refractivity contribution in [2.45, 2.75) is 18.9 Å². The fraction of sp³-hybridized carbons (Fsp3) is 0.500. The molecular formula is C10H12Cl2N2O2. The van der Waals surface area contributed by atoms with Crippen LogP contribution in [0.4, 0.5) is 0 Å². The maximum atomic E-state index is 12.0. The van der Waals surface area contributed by atoms with Gasteiger partial charge in [-0.05, 0) is 18.9 Å². The molecule has 4 nitrogen and oxygen atoms in total. The van der Waals surface area contributed by atoms with Crippen LogP contribution in [-0.2, 0) is 0 Å². The molecule has 1 aliphatic heterocycles. The van der Waals surface area contributed by atoms with Crippen LogP contribution in [0.2, 0.25) is 10.2 Å². The van der Waals surface area contributed by atoms with E-state index in [1.807, 2.05) is 0 Å². The average molecular weight is 263 g/mol. The first kappa shape index (κ1) is 11.8. The van der Waals surface area contributed by atoms with Crippen LogP contribution in [0.1, 0.15) is 23.3 Å². The normalized spacial score (nSPS) is 20.4. The summed E-state index contributed by atoms with van der Waals surface area (Å²) in [6.07, 6.45) is 1.75. The van der Waals surface area contributed by atoms with Gasteiger partial charge in [-0.3, -0.25) is 4.79 Å². The van der Waals surface area contributed by atoms with Crippen molar-refractivity contribution in [2.24, 2.45) is 0 Å². The van der Waals surface area contributed by atoms with Gasteiger partial charge in [-0.1, -0.05) is 23.2 Å². The van der Waals surface area contributed by atoms with E-state index in [0.29, 0.717) is 17.3 Å². The highest BCUT2D eigenvalue weighted by Gasteiger charge is 2.29. The summed E-state index contributed by atoms with van der Waals surface area (Å²) < 4.78 is 0. The standard InChI is InChI=1S/C10H12Cl2N2O2/c11-7-4-8(13-9(7)12)10(16)14-3-1-2-6(14)5-15/h4,6,13,15H,1-3,5H2/t6-/m0/s1. The smallest absolute Gasteiger partial charge is 0.270 e. The molecule has 16 heavy (non-hydrogen) atoms. The molecule has 1 amide bonds. The summed E-state index contributed by atoms with van der Waals surface area (Å²) >= 11 is 11.5. The number of nitrogens with zero attached hydrogens (tertiary/aromatic N) is 1. The number of hydrogen-bond acceptors (Lipinski definition) is 2. The van der Waals surface area contributed by atoms with Gasteiger partial charge in [-0.15, -0.1) is 0 Å². The van der Waals surface area contributed by atoms with Crippen LogP contribution in [-0.4, -0.2) is 40.1 Å². The van der Waals surface area contributed by atoms with Gasteiger partial charge in [-0.2, -0.15) is 0 Å². The Labute approximate surface area is 103 Å². The van der Waals surface area contributed by atoms with Crippen LogP contribution in [0, 0.1) is 0 Å². The second-order valence-corrected chi connectivity index (χ2v) is 4.61. The molecule has 0 aliphatic carbocycles. The maximum Gasteiger partial charge on any atom is 0.270 e. The molecule has 1 saturated heterocycles. The fourth-order valence-electron chi connectivity index (χ4n) is 1.97. The predicted molar refractivity (Wildman–Crippen MR) is 62.0 cm³/mol. The summed E-state index contributed by atoms with van der Waals surface area (Å²) in [6.45, 7) is 0.659. The van der Waals surface area contributed by atoms with Crippen molar-refractivity contribution in [1.29, 1.82) is 0 Å². The zero-order chi connectivity index (χ0) is 11.7. The third-order valence-corrected chi connectivity index (χ3v) is 3.50. The van der Waals surface area contributed by atoms with Crippen LogP contribution in [0.15, 0.2) is 6.07 Å². The van der Waals surface area contributed by atoms with Crippen molar-refractivity contribution in [1.82, 2.24) is 9.88 Å². The van der Waals surface area contributed by atoms with Gasteiger partial charge >= 0.3 is 0 Å². The largest absolute Gasteiger partial charge is 0.394 e. The van der Waals surface area contributed by atoms with Crippen molar-refractivity contribution in [2.75, 3.05) is 13.2 Å². The number of aromatic nitrogens is 1. The highest BCUT2D eigenvalue weighted by atomic mass is 35.5. The molecule has 0 spiro atoms. The lowest BCUT2D eigenvalue weighted by atomic mass is 10.2. The Kier molecular flexibility index (Phi) is 3.42. The molecule has 0 aromatic carbocycles. The number of carbonyl (C=O) groups is 1. The molecule has 1 atom stereocenters. The number of aliphatic hydroxyl groups is 1. The number of hydrogen-bond donors (Lipinski definition) is 2. The van der Waals surface area contributed by atoms with E-state index in [4.69, 9.17) is 28.3 Å². The number of aliphatic hydroxyl groups excluding tert-OH is 1. The predicted octanol–water partition coefficient (Wildman–Crippen LogP) is 1.92. The van der Waals surface area contributed by atoms with Crippen molar-refractivity contribution >= 4 is 29.1 Å². The first-order valence-electron chi connectivity index (χ1n) is 5.09. The summed E-state index contributed by atoms with van der Waals surface area (Å²) in [7, 11) is 0. The van der Waals surface area contributed by atoms with Crippen LogP contribution in [0.3, 0.4) is 0 Å².